The number of fused-ring (bicyclic) bond motifs is 1. The fourth-order valence-electron chi connectivity index (χ4n) is 2.31. The first-order valence-electron chi connectivity index (χ1n) is 7.56. The Bertz CT molecular complexity index is 864. The molecule has 0 radical (unpaired) electrons. The van der Waals surface area contributed by atoms with Crippen molar-refractivity contribution in [3.05, 3.63) is 28.4 Å². The molecule has 7 nitrogen and oxygen atoms in total. The number of ether oxygens (including phenoxy) is 2. The van der Waals surface area contributed by atoms with Crippen LogP contribution in [0.1, 0.15) is 26.3 Å². The van der Waals surface area contributed by atoms with Gasteiger partial charge in [-0.05, 0) is 54.4 Å². The Morgan fingerprint density at radius 2 is 1.96 bits per heavy atom. The number of imide groups is 1. The smallest absolute Gasteiger partial charge is 0.425 e. The van der Waals surface area contributed by atoms with Gasteiger partial charge in [-0.25, -0.2) is 14.6 Å². The molecule has 140 valence electrons. The molecule has 26 heavy (non-hydrogen) atoms. The van der Waals surface area contributed by atoms with Crippen LogP contribution in [0.15, 0.2) is 22.8 Å². The van der Waals surface area contributed by atoms with Crippen molar-refractivity contribution in [3.8, 4) is 5.75 Å². The summed E-state index contributed by atoms with van der Waals surface area (Å²) in [5, 5.41) is 11.2. The van der Waals surface area contributed by atoms with E-state index in [4.69, 9.17) is 9.47 Å². The van der Waals surface area contributed by atoms with Crippen molar-refractivity contribution in [1.29, 1.82) is 0 Å². The number of carbonyl (C=O) groups is 2. The summed E-state index contributed by atoms with van der Waals surface area (Å²) in [6.45, 7) is 4.96. The minimum atomic E-state index is -1.50. The number of hydrogen-bond acceptors (Lipinski definition) is 5. The van der Waals surface area contributed by atoms with E-state index in [0.29, 0.717) is 31.2 Å². The highest BCUT2D eigenvalue weighted by Gasteiger charge is 2.32. The zero-order valence-electron chi connectivity index (χ0n) is 14.7. The van der Waals surface area contributed by atoms with E-state index in [1.807, 2.05) is 6.07 Å². The Hall–Kier alpha value is -1.87. The Balaban J connectivity index is 2.76. The second kappa shape index (κ2) is 7.79. The summed E-state index contributed by atoms with van der Waals surface area (Å²) in [6, 6.07) is 3.61. The van der Waals surface area contributed by atoms with Gasteiger partial charge in [-0.15, -0.1) is 0 Å². The predicted octanol–water partition coefficient (Wildman–Crippen LogP) is 5.32. The third-order valence-electron chi connectivity index (χ3n) is 3.30. The number of carboxylic acid groups (broad SMARTS) is 1. The van der Waals surface area contributed by atoms with Crippen molar-refractivity contribution in [3.63, 3.8) is 0 Å². The summed E-state index contributed by atoms with van der Waals surface area (Å²) >= 11 is 6.81. The van der Waals surface area contributed by atoms with Gasteiger partial charge in [-0.2, -0.15) is 4.90 Å². The minimum Gasteiger partial charge on any atom is -0.496 e. The van der Waals surface area contributed by atoms with E-state index in [0.717, 1.165) is 5.56 Å². The summed E-state index contributed by atoms with van der Waals surface area (Å²) < 4.78 is 11.3. The molecule has 0 aliphatic carbocycles. The van der Waals surface area contributed by atoms with Crippen LogP contribution in [0.2, 0.25) is 0 Å². The Morgan fingerprint density at radius 3 is 2.46 bits per heavy atom. The van der Waals surface area contributed by atoms with Crippen LogP contribution in [0.3, 0.4) is 0 Å². The van der Waals surface area contributed by atoms with Crippen LogP contribution in [0.25, 0.3) is 10.8 Å². The van der Waals surface area contributed by atoms with Gasteiger partial charge in [0.2, 0.25) is 0 Å². The maximum absolute atomic E-state index is 12.5. The molecule has 0 bridgehead atoms. The number of nitrogens with zero attached hydrogens (tertiary/aromatic N) is 2. The Labute approximate surface area is 167 Å². The highest BCUT2D eigenvalue weighted by atomic mass is 79.9. The molecule has 0 fully saturated rings. The monoisotopic (exact) mass is 488 g/mol. The number of halogens is 2. The van der Waals surface area contributed by atoms with Crippen molar-refractivity contribution >= 4 is 60.6 Å². The van der Waals surface area contributed by atoms with E-state index < -0.39 is 17.8 Å². The van der Waals surface area contributed by atoms with Crippen LogP contribution in [0, 0.1) is 0 Å². The molecule has 0 unspecified atom stereocenters. The average Bonchev–Trinajstić information content (AvgIpc) is 2.54. The molecule has 0 aliphatic rings. The summed E-state index contributed by atoms with van der Waals surface area (Å²) in [5.74, 6) is 0.318. The fourth-order valence-corrected chi connectivity index (χ4v) is 3.05. The number of methoxy groups -OCH3 is 1. The highest BCUT2D eigenvalue weighted by molar-refractivity contribution is 9.10. The number of rotatable bonds is 3. The van der Waals surface area contributed by atoms with E-state index in [2.05, 4.69) is 36.8 Å². The van der Waals surface area contributed by atoms with E-state index in [1.165, 1.54) is 13.3 Å². The number of pyridine rings is 1. The predicted molar refractivity (Wildman–Crippen MR) is 105 cm³/mol. The number of amides is 2. The quantitative estimate of drug-likeness (QED) is 0.587. The molecule has 0 aliphatic heterocycles. The van der Waals surface area contributed by atoms with E-state index >= 15 is 0 Å². The summed E-state index contributed by atoms with van der Waals surface area (Å²) in [6.07, 6.45) is -1.09. The molecule has 0 atom stereocenters. The topological polar surface area (TPSA) is 89.0 Å². The fraction of sp³-hybridized carbons (Fsp3) is 0.353. The second-order valence-electron chi connectivity index (χ2n) is 6.38. The van der Waals surface area contributed by atoms with Crippen molar-refractivity contribution < 1.29 is 24.2 Å². The van der Waals surface area contributed by atoms with Crippen LogP contribution < -0.4 is 9.64 Å². The third-order valence-corrected chi connectivity index (χ3v) is 4.58. The number of carbonyl (C=O) groups excluding carboxylic acids is 1. The SMILES string of the molecule is COc1cc(CBr)cc2c(Br)cnc(N(C(=O)O)C(=O)OC(C)(C)C)c12. The lowest BCUT2D eigenvalue weighted by molar-refractivity contribution is 0.0581. The average molecular weight is 490 g/mol. The van der Waals surface area contributed by atoms with Crippen LogP contribution >= 0.6 is 31.9 Å². The number of aromatic nitrogens is 1. The number of alkyl halides is 1. The van der Waals surface area contributed by atoms with Gasteiger partial charge in [-0.1, -0.05) is 15.9 Å². The van der Waals surface area contributed by atoms with Crippen LogP contribution in [-0.4, -0.2) is 35.0 Å². The molecule has 0 saturated carbocycles. The first kappa shape index (κ1) is 20.4. The van der Waals surface area contributed by atoms with Gasteiger partial charge in [0.1, 0.15) is 11.4 Å². The lowest BCUT2D eigenvalue weighted by Gasteiger charge is -2.25. The van der Waals surface area contributed by atoms with E-state index in [-0.39, 0.29) is 5.82 Å². The molecule has 2 aromatic rings. The van der Waals surface area contributed by atoms with Crippen molar-refractivity contribution in [2.45, 2.75) is 31.7 Å². The zero-order valence-corrected chi connectivity index (χ0v) is 17.8. The van der Waals surface area contributed by atoms with Crippen LogP contribution in [0.5, 0.6) is 5.75 Å². The Morgan fingerprint density at radius 1 is 1.31 bits per heavy atom. The number of hydrogen-bond donors (Lipinski definition) is 1. The van der Waals surface area contributed by atoms with Crippen molar-refractivity contribution in [2.24, 2.45) is 0 Å². The molecule has 1 aromatic carbocycles. The van der Waals surface area contributed by atoms with Crippen LogP contribution in [0.4, 0.5) is 15.4 Å². The van der Waals surface area contributed by atoms with Gasteiger partial charge in [0, 0.05) is 21.4 Å². The summed E-state index contributed by atoms with van der Waals surface area (Å²) in [5.41, 5.74) is 0.0646. The maximum Gasteiger partial charge on any atom is 0.425 e. The van der Waals surface area contributed by atoms with Gasteiger partial charge in [-0.3, -0.25) is 0 Å². The highest BCUT2D eigenvalue weighted by Crippen LogP contribution is 2.39. The van der Waals surface area contributed by atoms with E-state index in [9.17, 15) is 14.7 Å². The minimum absolute atomic E-state index is 0.0806. The van der Waals surface area contributed by atoms with Crippen LogP contribution in [-0.2, 0) is 10.1 Å². The molecular formula is C17H18Br2N2O5. The Kier molecular flexibility index (Phi) is 6.13. The lowest BCUT2D eigenvalue weighted by atomic mass is 10.1. The summed E-state index contributed by atoms with van der Waals surface area (Å²) in [7, 11) is 1.47. The molecule has 1 aromatic heterocycles. The van der Waals surface area contributed by atoms with Crippen molar-refractivity contribution in [2.75, 3.05) is 12.0 Å². The molecule has 2 amide bonds. The molecule has 0 saturated heterocycles. The second-order valence-corrected chi connectivity index (χ2v) is 7.80. The zero-order chi connectivity index (χ0) is 19.6. The molecule has 0 spiro atoms. The molecule has 1 heterocycles. The number of benzene rings is 1. The molecular weight excluding hydrogens is 472 g/mol. The van der Waals surface area contributed by atoms with Crippen molar-refractivity contribution in [1.82, 2.24) is 4.98 Å². The normalized spacial score (nSPS) is 11.3. The third kappa shape index (κ3) is 4.27. The standard InChI is InChI=1S/C17H18Br2N2O5/c1-17(2,3)26-16(24)21(15(22)23)14-13-10(11(19)8-20-14)5-9(7-18)6-12(13)25-4/h5-6,8H,7H2,1-4H3,(H,22,23). The first-order chi connectivity index (χ1) is 12.1. The van der Waals surface area contributed by atoms with Gasteiger partial charge in [0.05, 0.1) is 12.5 Å². The van der Waals surface area contributed by atoms with E-state index in [1.54, 1.807) is 26.8 Å². The van der Waals surface area contributed by atoms with Gasteiger partial charge in [0.25, 0.3) is 0 Å². The maximum atomic E-state index is 12.5. The molecule has 1 N–H and O–H groups in total. The van der Waals surface area contributed by atoms with Gasteiger partial charge >= 0.3 is 12.2 Å². The largest absolute Gasteiger partial charge is 0.496 e. The molecule has 9 heteroatoms. The van der Waals surface area contributed by atoms with Gasteiger partial charge < -0.3 is 14.6 Å². The first-order valence-corrected chi connectivity index (χ1v) is 9.47. The molecule has 2 rings (SSSR count). The van der Waals surface area contributed by atoms with Gasteiger partial charge in [0.15, 0.2) is 5.82 Å². The summed E-state index contributed by atoms with van der Waals surface area (Å²) in [4.78, 5) is 28.9. The lowest BCUT2D eigenvalue weighted by Crippen LogP contribution is -2.40. The number of anilines is 1.